The van der Waals surface area contributed by atoms with Crippen molar-refractivity contribution in [2.24, 2.45) is 21.5 Å². The number of rotatable bonds is 4. The maximum absolute atomic E-state index is 6.34. The average Bonchev–Trinajstić information content (AvgIpc) is 3.30. The van der Waals surface area contributed by atoms with E-state index in [4.69, 9.17) is 16.5 Å². The van der Waals surface area contributed by atoms with Crippen LogP contribution in [0.15, 0.2) is 40.3 Å². The van der Waals surface area contributed by atoms with Gasteiger partial charge in [-0.15, -0.1) is 0 Å². The second-order valence-electron chi connectivity index (χ2n) is 8.84. The summed E-state index contributed by atoms with van der Waals surface area (Å²) in [5.74, 6) is 3.22. The quantitative estimate of drug-likeness (QED) is 0.677. The highest BCUT2D eigenvalue weighted by molar-refractivity contribution is 6.05. The molecule has 0 atom stereocenters. The largest absolute Gasteiger partial charge is 0.369 e. The minimum absolute atomic E-state index is 0.270. The summed E-state index contributed by atoms with van der Waals surface area (Å²) in [5.41, 5.74) is 13.8. The average molecular weight is 434 g/mol. The Labute approximate surface area is 188 Å². The lowest BCUT2D eigenvalue weighted by molar-refractivity contribution is 0.305. The van der Waals surface area contributed by atoms with Gasteiger partial charge in [0.2, 0.25) is 11.9 Å². The molecule has 32 heavy (non-hydrogen) atoms. The van der Waals surface area contributed by atoms with Crippen LogP contribution in [0, 0.1) is 6.92 Å². The smallest absolute Gasteiger partial charge is 0.220 e. The van der Waals surface area contributed by atoms with E-state index < -0.39 is 5.66 Å². The van der Waals surface area contributed by atoms with Crippen molar-refractivity contribution in [1.29, 1.82) is 0 Å². The Morgan fingerprint density at radius 2 is 1.66 bits per heavy atom. The first-order valence-corrected chi connectivity index (χ1v) is 11.5. The molecule has 1 aromatic heterocycles. The molecule has 9 nitrogen and oxygen atoms in total. The van der Waals surface area contributed by atoms with Crippen LogP contribution in [-0.4, -0.2) is 40.6 Å². The maximum Gasteiger partial charge on any atom is 0.220 e. The first-order chi connectivity index (χ1) is 15.5. The maximum atomic E-state index is 6.34. The SMILES string of the molecule is Cc1nc(Nc2ccc(N3C(N)=NC(N)=NC34CCCCC4)cc2)cc(N2CCCC2)n1. The van der Waals surface area contributed by atoms with E-state index in [1.807, 2.05) is 42.2 Å². The third-order valence-electron chi connectivity index (χ3n) is 6.50. The van der Waals surface area contributed by atoms with Crippen LogP contribution in [-0.2, 0) is 0 Å². The molecule has 0 unspecified atom stereocenters. The minimum atomic E-state index is -0.433. The van der Waals surface area contributed by atoms with Gasteiger partial charge in [0, 0.05) is 30.5 Å². The molecule has 0 amide bonds. The molecule has 2 aliphatic heterocycles. The number of guanidine groups is 2. The van der Waals surface area contributed by atoms with E-state index in [1.165, 1.54) is 19.3 Å². The summed E-state index contributed by atoms with van der Waals surface area (Å²) in [7, 11) is 0. The van der Waals surface area contributed by atoms with Crippen LogP contribution in [0.1, 0.15) is 50.8 Å². The van der Waals surface area contributed by atoms with Gasteiger partial charge in [-0.25, -0.2) is 15.0 Å². The van der Waals surface area contributed by atoms with Gasteiger partial charge in [0.1, 0.15) is 23.1 Å². The number of benzene rings is 1. The fourth-order valence-corrected chi connectivity index (χ4v) is 5.06. The summed E-state index contributed by atoms with van der Waals surface area (Å²) in [5, 5.41) is 3.42. The Balaban J connectivity index is 1.38. The Bertz CT molecular complexity index is 1030. The molecule has 3 heterocycles. The summed E-state index contributed by atoms with van der Waals surface area (Å²) in [6, 6.07) is 10.2. The molecule has 0 radical (unpaired) electrons. The molecule has 3 aliphatic rings. The first kappa shape index (κ1) is 20.5. The second-order valence-corrected chi connectivity index (χ2v) is 8.84. The highest BCUT2D eigenvalue weighted by Gasteiger charge is 2.42. The number of nitrogens with two attached hydrogens (primary N) is 2. The third kappa shape index (κ3) is 3.94. The predicted octanol–water partition coefficient (Wildman–Crippen LogP) is 3.24. The Kier molecular flexibility index (Phi) is 5.32. The molecule has 2 fully saturated rings. The van der Waals surface area contributed by atoms with Crippen molar-refractivity contribution in [1.82, 2.24) is 9.97 Å². The second kappa shape index (κ2) is 8.29. The number of aliphatic imine (C=N–C) groups is 2. The Morgan fingerprint density at radius 3 is 2.38 bits per heavy atom. The monoisotopic (exact) mass is 433 g/mol. The van der Waals surface area contributed by atoms with Crippen LogP contribution in [0.2, 0.25) is 0 Å². The summed E-state index contributed by atoms with van der Waals surface area (Å²) in [6.45, 7) is 4.04. The van der Waals surface area contributed by atoms with Gasteiger partial charge >= 0.3 is 0 Å². The summed E-state index contributed by atoms with van der Waals surface area (Å²) in [6.07, 6.45) is 7.69. The molecular weight excluding hydrogens is 402 g/mol. The molecule has 1 saturated carbocycles. The summed E-state index contributed by atoms with van der Waals surface area (Å²) >= 11 is 0. The van der Waals surface area contributed by atoms with Crippen LogP contribution in [0.25, 0.3) is 0 Å². The fraction of sp³-hybridized carbons (Fsp3) is 0.478. The molecule has 0 bridgehead atoms. The third-order valence-corrected chi connectivity index (χ3v) is 6.50. The fourth-order valence-electron chi connectivity index (χ4n) is 5.06. The Hall–Kier alpha value is -3.36. The van der Waals surface area contributed by atoms with Crippen molar-refractivity contribution in [3.63, 3.8) is 0 Å². The van der Waals surface area contributed by atoms with E-state index in [1.54, 1.807) is 0 Å². The van der Waals surface area contributed by atoms with Crippen molar-refractivity contribution in [2.75, 3.05) is 28.2 Å². The van der Waals surface area contributed by atoms with Crippen LogP contribution in [0.5, 0.6) is 0 Å². The first-order valence-electron chi connectivity index (χ1n) is 11.5. The topological polar surface area (TPSA) is 121 Å². The van der Waals surface area contributed by atoms with Gasteiger partial charge in [-0.05, 0) is 69.7 Å². The van der Waals surface area contributed by atoms with E-state index >= 15 is 0 Å². The normalized spacial score (nSPS) is 20.3. The molecule has 1 spiro atoms. The van der Waals surface area contributed by atoms with Crippen molar-refractivity contribution in [3.8, 4) is 0 Å². The lowest BCUT2D eigenvalue weighted by Crippen LogP contribution is -2.58. The predicted molar refractivity (Wildman–Crippen MR) is 129 cm³/mol. The van der Waals surface area contributed by atoms with Crippen molar-refractivity contribution < 1.29 is 0 Å². The molecule has 1 aromatic carbocycles. The minimum Gasteiger partial charge on any atom is -0.369 e. The lowest BCUT2D eigenvalue weighted by Gasteiger charge is -2.45. The molecule has 1 aliphatic carbocycles. The van der Waals surface area contributed by atoms with E-state index in [0.29, 0.717) is 5.96 Å². The number of nitrogens with one attached hydrogen (secondary N) is 1. The zero-order valence-electron chi connectivity index (χ0n) is 18.6. The van der Waals surface area contributed by atoms with Gasteiger partial charge in [0.05, 0.1) is 0 Å². The zero-order chi connectivity index (χ0) is 22.1. The molecular formula is C23H31N9. The van der Waals surface area contributed by atoms with Gasteiger partial charge in [0.15, 0.2) is 0 Å². The molecule has 1 saturated heterocycles. The van der Waals surface area contributed by atoms with E-state index in [2.05, 4.69) is 25.2 Å². The van der Waals surface area contributed by atoms with Crippen LogP contribution in [0.4, 0.5) is 23.0 Å². The number of hydrogen-bond donors (Lipinski definition) is 3. The Morgan fingerprint density at radius 1 is 0.938 bits per heavy atom. The van der Waals surface area contributed by atoms with Gasteiger partial charge in [0.25, 0.3) is 0 Å². The van der Waals surface area contributed by atoms with Crippen molar-refractivity contribution in [2.45, 2.75) is 57.5 Å². The van der Waals surface area contributed by atoms with E-state index in [-0.39, 0.29) is 5.96 Å². The van der Waals surface area contributed by atoms with Gasteiger partial charge in [-0.3, -0.25) is 4.90 Å². The van der Waals surface area contributed by atoms with Crippen molar-refractivity contribution >= 4 is 34.9 Å². The summed E-state index contributed by atoms with van der Waals surface area (Å²) in [4.78, 5) is 22.5. The number of aromatic nitrogens is 2. The number of aryl methyl sites for hydroxylation is 1. The van der Waals surface area contributed by atoms with Crippen LogP contribution in [0.3, 0.4) is 0 Å². The summed E-state index contributed by atoms with van der Waals surface area (Å²) < 4.78 is 0. The van der Waals surface area contributed by atoms with Crippen LogP contribution >= 0.6 is 0 Å². The highest BCUT2D eigenvalue weighted by atomic mass is 15.4. The zero-order valence-corrected chi connectivity index (χ0v) is 18.6. The molecule has 5 N–H and O–H groups in total. The van der Waals surface area contributed by atoms with Crippen LogP contribution < -0.4 is 26.6 Å². The number of nitrogens with zero attached hydrogens (tertiary/aromatic N) is 6. The van der Waals surface area contributed by atoms with Gasteiger partial charge in [-0.1, -0.05) is 6.42 Å². The molecule has 168 valence electrons. The van der Waals surface area contributed by atoms with Crippen molar-refractivity contribution in [3.05, 3.63) is 36.2 Å². The standard InChI is InChI=1S/C23H31N9/c1-16-26-19(15-20(27-16)31-13-5-6-14-31)28-17-7-9-18(10-8-17)32-22(25)29-21(24)30-23(32)11-3-2-4-12-23/h7-10,15H,2-6,11-14H2,1H3,(H,26,27,28)(H4,24,25,29,30). The van der Waals surface area contributed by atoms with Gasteiger partial charge in [-0.2, -0.15) is 4.99 Å². The number of hydrogen-bond acceptors (Lipinski definition) is 9. The van der Waals surface area contributed by atoms with E-state index in [0.717, 1.165) is 67.6 Å². The van der Waals surface area contributed by atoms with Gasteiger partial charge < -0.3 is 21.7 Å². The lowest BCUT2D eigenvalue weighted by atomic mass is 9.87. The highest BCUT2D eigenvalue weighted by Crippen LogP contribution is 2.39. The van der Waals surface area contributed by atoms with E-state index in [9.17, 15) is 0 Å². The number of anilines is 4. The molecule has 2 aromatic rings. The molecule has 9 heteroatoms. The molecule has 5 rings (SSSR count).